The van der Waals surface area contributed by atoms with Gasteiger partial charge in [0, 0.05) is 17.7 Å². The molecule has 4 N–H and O–H groups in total. The van der Waals surface area contributed by atoms with Crippen LogP contribution < -0.4 is 21.1 Å². The van der Waals surface area contributed by atoms with E-state index in [1.807, 2.05) is 68.4 Å². The predicted molar refractivity (Wildman–Crippen MR) is 145 cm³/mol. The topological polar surface area (TPSA) is 111 Å². The van der Waals surface area contributed by atoms with Crippen molar-refractivity contribution in [3.63, 3.8) is 0 Å². The summed E-state index contributed by atoms with van der Waals surface area (Å²) in [7, 11) is 0. The fourth-order valence-electron chi connectivity index (χ4n) is 3.82. The van der Waals surface area contributed by atoms with Gasteiger partial charge in [-0.05, 0) is 66.8 Å². The van der Waals surface area contributed by atoms with Crippen LogP contribution in [0.25, 0.3) is 0 Å². The van der Waals surface area contributed by atoms with Crippen LogP contribution in [0.1, 0.15) is 48.7 Å². The minimum absolute atomic E-state index is 0.0571. The summed E-state index contributed by atoms with van der Waals surface area (Å²) in [5.41, 5.74) is 9.08. The summed E-state index contributed by atoms with van der Waals surface area (Å²) in [5, 5.41) is 5.65. The maximum Gasteiger partial charge on any atom is 0.247 e. The lowest BCUT2D eigenvalue weighted by Gasteiger charge is -2.22. The number of hydrogen-bond acceptors (Lipinski definition) is 5. The summed E-state index contributed by atoms with van der Waals surface area (Å²) in [6.07, 6.45) is 0.788. The molecule has 0 aliphatic carbocycles. The van der Waals surface area contributed by atoms with Crippen LogP contribution >= 0.6 is 0 Å². The first-order chi connectivity index (χ1) is 17.7. The van der Waals surface area contributed by atoms with E-state index in [9.17, 15) is 14.4 Å². The molecule has 194 valence electrons. The van der Waals surface area contributed by atoms with Crippen molar-refractivity contribution in [1.82, 2.24) is 5.32 Å². The lowest BCUT2D eigenvalue weighted by Crippen LogP contribution is -2.51. The van der Waals surface area contributed by atoms with Crippen LogP contribution in [0.5, 0.6) is 5.75 Å². The molecule has 2 unspecified atom stereocenters. The number of benzene rings is 3. The number of anilines is 1. The molecular formula is C30H35N3O4. The SMILES string of the molecule is CC(=O)c1ccc(NC(=O)C(Cc2ccc(OCc3ccccc3)cc2)NC(=O)C(N)CC(C)C)cc1. The molecule has 7 nitrogen and oxygen atoms in total. The van der Waals surface area contributed by atoms with Crippen LogP contribution in [0.3, 0.4) is 0 Å². The number of carbonyl (C=O) groups is 3. The van der Waals surface area contributed by atoms with Crippen molar-refractivity contribution in [3.05, 3.63) is 95.6 Å². The van der Waals surface area contributed by atoms with Gasteiger partial charge in [-0.2, -0.15) is 0 Å². The van der Waals surface area contributed by atoms with E-state index in [-0.39, 0.29) is 29.9 Å². The largest absolute Gasteiger partial charge is 0.489 e. The van der Waals surface area contributed by atoms with Gasteiger partial charge in [-0.1, -0.05) is 56.3 Å². The van der Waals surface area contributed by atoms with Crippen molar-refractivity contribution < 1.29 is 19.1 Å². The molecule has 0 heterocycles. The van der Waals surface area contributed by atoms with Gasteiger partial charge in [-0.3, -0.25) is 14.4 Å². The van der Waals surface area contributed by atoms with Gasteiger partial charge < -0.3 is 21.1 Å². The van der Waals surface area contributed by atoms with Gasteiger partial charge >= 0.3 is 0 Å². The Labute approximate surface area is 218 Å². The zero-order valence-electron chi connectivity index (χ0n) is 21.6. The minimum Gasteiger partial charge on any atom is -0.489 e. The maximum absolute atomic E-state index is 13.2. The highest BCUT2D eigenvalue weighted by atomic mass is 16.5. The third-order valence-electron chi connectivity index (χ3n) is 5.87. The minimum atomic E-state index is -0.839. The number of hydrogen-bond donors (Lipinski definition) is 3. The van der Waals surface area contributed by atoms with Crippen molar-refractivity contribution in [2.75, 3.05) is 5.32 Å². The molecule has 0 spiro atoms. The van der Waals surface area contributed by atoms with Crippen molar-refractivity contribution in [2.45, 2.75) is 52.3 Å². The van der Waals surface area contributed by atoms with Crippen LogP contribution in [-0.4, -0.2) is 29.7 Å². The van der Waals surface area contributed by atoms with E-state index in [1.54, 1.807) is 24.3 Å². The Morgan fingerprint density at radius 2 is 1.49 bits per heavy atom. The molecule has 0 aromatic heterocycles. The molecule has 0 fully saturated rings. The summed E-state index contributed by atoms with van der Waals surface area (Å²) in [4.78, 5) is 37.5. The van der Waals surface area contributed by atoms with E-state index in [0.29, 0.717) is 30.0 Å². The monoisotopic (exact) mass is 501 g/mol. The smallest absolute Gasteiger partial charge is 0.247 e. The van der Waals surface area contributed by atoms with Crippen molar-refractivity contribution >= 4 is 23.3 Å². The standard InChI is InChI=1S/C30H35N3O4/c1-20(2)17-27(31)29(35)33-28(30(36)32-25-13-11-24(12-14-25)21(3)34)18-22-9-15-26(16-10-22)37-19-23-7-5-4-6-8-23/h4-16,20,27-28H,17-19,31H2,1-3H3,(H,32,36)(H,33,35). The Morgan fingerprint density at radius 1 is 0.838 bits per heavy atom. The summed E-state index contributed by atoms with van der Waals surface area (Å²) in [6.45, 7) is 5.92. The Bertz CT molecular complexity index is 1180. The number of ketones is 1. The molecule has 0 saturated carbocycles. The van der Waals surface area contributed by atoms with Crippen molar-refractivity contribution in [1.29, 1.82) is 0 Å². The lowest BCUT2D eigenvalue weighted by molar-refractivity contribution is -0.127. The molecule has 7 heteroatoms. The number of nitrogens with one attached hydrogen (secondary N) is 2. The van der Waals surface area contributed by atoms with Crippen LogP contribution in [0.4, 0.5) is 5.69 Å². The Kier molecular flexibility index (Phi) is 9.98. The molecule has 2 atom stereocenters. The number of carbonyl (C=O) groups excluding carboxylic acids is 3. The molecule has 3 aromatic carbocycles. The summed E-state index contributed by atoms with van der Waals surface area (Å²) >= 11 is 0. The molecule has 37 heavy (non-hydrogen) atoms. The number of nitrogens with two attached hydrogens (primary N) is 1. The molecule has 0 radical (unpaired) electrons. The van der Waals surface area contributed by atoms with E-state index in [2.05, 4.69) is 10.6 Å². The average molecular weight is 502 g/mol. The number of Topliss-reactive ketones (excluding diaryl/α,β-unsaturated/α-hetero) is 1. The fourth-order valence-corrected chi connectivity index (χ4v) is 3.82. The molecule has 0 aliphatic rings. The highest BCUT2D eigenvalue weighted by Crippen LogP contribution is 2.17. The highest BCUT2D eigenvalue weighted by molar-refractivity contribution is 5.99. The second kappa shape index (κ2) is 13.4. The Balaban J connectivity index is 1.69. The number of ether oxygens (including phenoxy) is 1. The van der Waals surface area contributed by atoms with Crippen LogP contribution in [0, 0.1) is 5.92 Å². The fraction of sp³-hybridized carbons (Fsp3) is 0.300. The second-order valence-electron chi connectivity index (χ2n) is 9.54. The molecule has 0 bridgehead atoms. The van der Waals surface area contributed by atoms with E-state index < -0.39 is 12.1 Å². The maximum atomic E-state index is 13.2. The summed E-state index contributed by atoms with van der Waals surface area (Å²) in [5.74, 6) is 0.158. The first-order valence-corrected chi connectivity index (χ1v) is 12.4. The first kappa shape index (κ1) is 27.6. The predicted octanol–water partition coefficient (Wildman–Crippen LogP) is 4.51. The van der Waals surface area contributed by atoms with Crippen LogP contribution in [0.2, 0.25) is 0 Å². The van der Waals surface area contributed by atoms with E-state index >= 15 is 0 Å². The zero-order valence-corrected chi connectivity index (χ0v) is 21.6. The third-order valence-corrected chi connectivity index (χ3v) is 5.87. The highest BCUT2D eigenvalue weighted by Gasteiger charge is 2.25. The molecular weight excluding hydrogens is 466 g/mol. The lowest BCUT2D eigenvalue weighted by atomic mass is 10.0. The van der Waals surface area contributed by atoms with Crippen molar-refractivity contribution in [3.8, 4) is 5.75 Å². The van der Waals surface area contributed by atoms with Gasteiger partial charge in [0.1, 0.15) is 18.4 Å². The Morgan fingerprint density at radius 3 is 2.08 bits per heavy atom. The Hall–Kier alpha value is -3.97. The summed E-state index contributed by atoms with van der Waals surface area (Å²) < 4.78 is 5.85. The molecule has 3 aromatic rings. The van der Waals surface area contributed by atoms with Gasteiger partial charge in [-0.25, -0.2) is 0 Å². The first-order valence-electron chi connectivity index (χ1n) is 12.4. The average Bonchev–Trinajstić information content (AvgIpc) is 2.88. The zero-order chi connectivity index (χ0) is 26.8. The molecule has 3 rings (SSSR count). The van der Waals surface area contributed by atoms with Gasteiger partial charge in [0.25, 0.3) is 0 Å². The van der Waals surface area contributed by atoms with Crippen molar-refractivity contribution in [2.24, 2.45) is 11.7 Å². The van der Waals surface area contributed by atoms with Gasteiger partial charge in [0.05, 0.1) is 6.04 Å². The third kappa shape index (κ3) is 8.88. The molecule has 0 aliphatic heterocycles. The van der Waals surface area contributed by atoms with Gasteiger partial charge in [0.2, 0.25) is 11.8 Å². The van der Waals surface area contributed by atoms with E-state index in [0.717, 1.165) is 11.1 Å². The molecule has 0 saturated heterocycles. The van der Waals surface area contributed by atoms with Gasteiger partial charge in [0.15, 0.2) is 5.78 Å². The quantitative estimate of drug-likeness (QED) is 0.316. The van der Waals surface area contributed by atoms with E-state index in [4.69, 9.17) is 10.5 Å². The van der Waals surface area contributed by atoms with Crippen LogP contribution in [-0.2, 0) is 22.6 Å². The summed E-state index contributed by atoms with van der Waals surface area (Å²) in [6, 6.07) is 22.4. The molecule has 2 amide bonds. The van der Waals surface area contributed by atoms with E-state index in [1.165, 1.54) is 6.92 Å². The van der Waals surface area contributed by atoms with Gasteiger partial charge in [-0.15, -0.1) is 0 Å². The number of amides is 2. The number of rotatable bonds is 12. The second-order valence-corrected chi connectivity index (χ2v) is 9.54. The van der Waals surface area contributed by atoms with Crippen LogP contribution in [0.15, 0.2) is 78.9 Å². The normalized spacial score (nSPS) is 12.5.